The van der Waals surface area contributed by atoms with Crippen LogP contribution in [0, 0.1) is 0 Å². The van der Waals surface area contributed by atoms with E-state index < -0.39 is 15.7 Å². The molecule has 0 saturated heterocycles. The Morgan fingerprint density at radius 3 is 2.24 bits per heavy atom. The van der Waals surface area contributed by atoms with Crippen molar-refractivity contribution in [2.45, 2.75) is 25.7 Å². The predicted molar refractivity (Wildman–Crippen MR) is 99.0 cm³/mol. The number of hydrogen-bond acceptors (Lipinski definition) is 5. The fraction of sp³-hybridized carbons (Fsp3) is 0.222. The number of anilines is 1. The second kappa shape index (κ2) is 8.98. The first-order valence-corrected chi connectivity index (χ1v) is 9.61. The maximum atomic E-state index is 12.2. The molecule has 0 fully saturated rings. The van der Waals surface area contributed by atoms with Crippen molar-refractivity contribution in [3.8, 4) is 0 Å². The second-order valence-electron chi connectivity index (χ2n) is 4.91. The summed E-state index contributed by atoms with van der Waals surface area (Å²) in [7, 11) is -3.53. The quantitative estimate of drug-likeness (QED) is 0.641. The molecular weight excluding hydrogens is 340 g/mol. The Morgan fingerprint density at radius 1 is 1.08 bits per heavy atom. The number of carbonyl (C=O) groups is 1. The lowest BCUT2D eigenvalue weighted by Gasteiger charge is -2.10. The minimum absolute atomic E-state index is 0.00764. The molecule has 25 heavy (non-hydrogen) atoms. The lowest BCUT2D eigenvalue weighted by Crippen LogP contribution is -2.15. The second-order valence-corrected chi connectivity index (χ2v) is 6.90. The maximum Gasteiger partial charge on any atom is 0.256 e. The molecule has 1 aromatic carbocycles. The highest BCUT2D eigenvalue weighted by molar-refractivity contribution is 7.90. The van der Waals surface area contributed by atoms with Gasteiger partial charge in [-0.25, -0.2) is 13.4 Å². The van der Waals surface area contributed by atoms with Gasteiger partial charge in [-0.3, -0.25) is 4.79 Å². The first-order chi connectivity index (χ1) is 11.8. The number of rotatable bonds is 4. The number of amides is 1. The van der Waals surface area contributed by atoms with Crippen LogP contribution in [-0.4, -0.2) is 30.7 Å². The molecule has 1 aromatic heterocycles. The van der Waals surface area contributed by atoms with E-state index in [1.807, 2.05) is 13.8 Å². The molecule has 134 valence electrons. The number of aliphatic hydroxyl groups excluding tert-OH is 1. The SMILES string of the molecule is C/C(C(=O)Nc1ccccn1)=C(/O)c1ccccc1S(C)(=O)=O.CC. The Morgan fingerprint density at radius 2 is 1.68 bits per heavy atom. The van der Waals surface area contributed by atoms with Gasteiger partial charge in [-0.15, -0.1) is 0 Å². The summed E-state index contributed by atoms with van der Waals surface area (Å²) in [5, 5.41) is 12.8. The molecule has 0 spiro atoms. The van der Waals surface area contributed by atoms with Crippen molar-refractivity contribution in [3.63, 3.8) is 0 Å². The van der Waals surface area contributed by atoms with Gasteiger partial charge in [0.2, 0.25) is 0 Å². The molecule has 0 bridgehead atoms. The predicted octanol–water partition coefficient (Wildman–Crippen LogP) is 3.44. The number of pyridine rings is 1. The summed E-state index contributed by atoms with van der Waals surface area (Å²) in [5.41, 5.74) is 0.0791. The third kappa shape index (κ3) is 5.42. The number of carbonyl (C=O) groups excluding carboxylic acids is 1. The first kappa shape index (κ1) is 20.4. The van der Waals surface area contributed by atoms with E-state index in [9.17, 15) is 18.3 Å². The molecule has 6 nitrogen and oxygen atoms in total. The molecular formula is C18H22N2O4S. The highest BCUT2D eigenvalue weighted by Crippen LogP contribution is 2.24. The molecule has 2 aromatic rings. The smallest absolute Gasteiger partial charge is 0.256 e. The molecule has 0 atom stereocenters. The Bertz CT molecular complexity index is 860. The normalized spacial score (nSPS) is 11.7. The lowest BCUT2D eigenvalue weighted by atomic mass is 10.1. The van der Waals surface area contributed by atoms with Gasteiger partial charge in [0, 0.05) is 18.0 Å². The van der Waals surface area contributed by atoms with Gasteiger partial charge in [-0.05, 0) is 31.2 Å². The van der Waals surface area contributed by atoms with Crippen molar-refractivity contribution >= 4 is 27.3 Å². The largest absolute Gasteiger partial charge is 0.507 e. The van der Waals surface area contributed by atoms with Crippen molar-refractivity contribution in [3.05, 3.63) is 59.8 Å². The fourth-order valence-electron chi connectivity index (χ4n) is 1.94. The number of aliphatic hydroxyl groups is 1. The monoisotopic (exact) mass is 362 g/mol. The summed E-state index contributed by atoms with van der Waals surface area (Å²) in [4.78, 5) is 16.1. The average Bonchev–Trinajstić information content (AvgIpc) is 2.62. The highest BCUT2D eigenvalue weighted by Gasteiger charge is 2.19. The van der Waals surface area contributed by atoms with Crippen LogP contribution < -0.4 is 5.32 Å². The lowest BCUT2D eigenvalue weighted by molar-refractivity contribution is -0.112. The molecule has 2 rings (SSSR count). The van der Waals surface area contributed by atoms with Crippen molar-refractivity contribution < 1.29 is 18.3 Å². The van der Waals surface area contributed by atoms with E-state index in [0.717, 1.165) is 6.26 Å². The molecule has 0 unspecified atom stereocenters. The van der Waals surface area contributed by atoms with Crippen molar-refractivity contribution in [1.82, 2.24) is 4.98 Å². The molecule has 0 radical (unpaired) electrons. The molecule has 2 N–H and O–H groups in total. The van der Waals surface area contributed by atoms with Crippen LogP contribution in [0.5, 0.6) is 0 Å². The number of benzene rings is 1. The standard InChI is InChI=1S/C16H16N2O4S.C2H6/c1-11(16(20)18-14-9-5-6-10-17-14)15(19)12-7-3-4-8-13(12)23(2,21)22;1-2/h3-10,19H,1-2H3,(H,17,18,20);1-2H3/b15-11-;. The molecule has 1 amide bonds. The molecule has 0 aliphatic rings. The number of sulfone groups is 1. The Kier molecular flexibility index (Phi) is 7.32. The van der Waals surface area contributed by atoms with Crippen LogP contribution in [-0.2, 0) is 14.6 Å². The topological polar surface area (TPSA) is 96.4 Å². The molecule has 0 aliphatic carbocycles. The summed E-state index contributed by atoms with van der Waals surface area (Å²) in [5.74, 6) is -0.620. The minimum Gasteiger partial charge on any atom is -0.507 e. The van der Waals surface area contributed by atoms with Crippen molar-refractivity contribution in [2.24, 2.45) is 0 Å². The number of nitrogens with zero attached hydrogens (tertiary/aromatic N) is 1. The van der Waals surface area contributed by atoms with Gasteiger partial charge in [0.05, 0.1) is 10.5 Å². The van der Waals surface area contributed by atoms with Crippen LogP contribution in [0.2, 0.25) is 0 Å². The number of aromatic nitrogens is 1. The van der Waals surface area contributed by atoms with Crippen molar-refractivity contribution in [1.29, 1.82) is 0 Å². The van der Waals surface area contributed by atoms with Crippen LogP contribution in [0.15, 0.2) is 59.1 Å². The summed E-state index contributed by atoms with van der Waals surface area (Å²) in [6, 6.07) is 11.0. The van der Waals surface area contributed by atoms with Gasteiger partial charge in [0.1, 0.15) is 11.6 Å². The van der Waals surface area contributed by atoms with Gasteiger partial charge in [-0.2, -0.15) is 0 Å². The van der Waals surface area contributed by atoms with Gasteiger partial charge in [0.15, 0.2) is 9.84 Å². The third-order valence-corrected chi connectivity index (χ3v) is 4.30. The number of hydrogen-bond donors (Lipinski definition) is 2. The minimum atomic E-state index is -3.53. The summed E-state index contributed by atoms with van der Waals surface area (Å²) < 4.78 is 23.6. The van der Waals surface area contributed by atoms with Crippen molar-refractivity contribution in [2.75, 3.05) is 11.6 Å². The van der Waals surface area contributed by atoms with Crippen LogP contribution in [0.4, 0.5) is 5.82 Å². The van der Waals surface area contributed by atoms with Crippen LogP contribution in [0.1, 0.15) is 26.3 Å². The maximum absolute atomic E-state index is 12.2. The average molecular weight is 362 g/mol. The van der Waals surface area contributed by atoms with E-state index in [1.165, 1.54) is 25.3 Å². The fourth-order valence-corrected chi connectivity index (χ4v) is 2.83. The van der Waals surface area contributed by atoms with E-state index in [-0.39, 0.29) is 21.8 Å². The van der Waals surface area contributed by atoms with Crippen LogP contribution >= 0.6 is 0 Å². The van der Waals surface area contributed by atoms with E-state index in [4.69, 9.17) is 0 Å². The zero-order valence-electron chi connectivity index (χ0n) is 14.6. The van der Waals surface area contributed by atoms with E-state index in [0.29, 0.717) is 5.82 Å². The molecule has 1 heterocycles. The Hall–Kier alpha value is -2.67. The summed E-state index contributed by atoms with van der Waals surface area (Å²) >= 11 is 0. The van der Waals surface area contributed by atoms with Gasteiger partial charge < -0.3 is 10.4 Å². The Balaban J connectivity index is 0.00000151. The van der Waals surface area contributed by atoms with Crippen LogP contribution in [0.3, 0.4) is 0 Å². The number of nitrogens with one attached hydrogen (secondary N) is 1. The summed E-state index contributed by atoms with van der Waals surface area (Å²) in [6.45, 7) is 5.41. The van der Waals surface area contributed by atoms with E-state index in [1.54, 1.807) is 30.3 Å². The molecule has 0 aliphatic heterocycles. The molecule has 7 heteroatoms. The molecule has 0 saturated carbocycles. The first-order valence-electron chi connectivity index (χ1n) is 7.72. The van der Waals surface area contributed by atoms with E-state index in [2.05, 4.69) is 10.3 Å². The third-order valence-electron chi connectivity index (χ3n) is 3.14. The highest BCUT2D eigenvalue weighted by atomic mass is 32.2. The zero-order valence-corrected chi connectivity index (χ0v) is 15.5. The zero-order chi connectivity index (χ0) is 19.0. The van der Waals surface area contributed by atoms with Gasteiger partial charge in [0.25, 0.3) is 5.91 Å². The van der Waals surface area contributed by atoms with E-state index >= 15 is 0 Å². The van der Waals surface area contributed by atoms with Gasteiger partial charge in [-0.1, -0.05) is 32.0 Å². The van der Waals surface area contributed by atoms with Crippen LogP contribution in [0.25, 0.3) is 5.76 Å². The summed E-state index contributed by atoms with van der Waals surface area (Å²) in [6.07, 6.45) is 2.57. The Labute approximate surface area is 148 Å². The van der Waals surface area contributed by atoms with Gasteiger partial charge >= 0.3 is 0 Å².